The average Bonchev–Trinajstić information content (AvgIpc) is 1.52. The molecule has 1 spiro atoms. The fraction of sp³-hybridized carbons (Fsp3) is 0.635. The molecule has 2 aromatic carbocycles. The second-order valence-electron chi connectivity index (χ2n) is 25.4. The monoisotopic (exact) mass is 1310 g/mol. The van der Waals surface area contributed by atoms with Crippen LogP contribution in [-0.2, 0) is 55.5 Å². The predicted molar refractivity (Wildman–Crippen MR) is 335 cm³/mol. The molecule has 500 valence electrons. The largest absolute Gasteiger partial charge is 0.496 e. The van der Waals surface area contributed by atoms with E-state index in [1.54, 1.807) is 18.9 Å². The number of nitrogens with one attached hydrogen (secondary N) is 4. The van der Waals surface area contributed by atoms with E-state index >= 15 is 9.59 Å². The van der Waals surface area contributed by atoms with Crippen LogP contribution in [0, 0.1) is 23.2 Å². The summed E-state index contributed by atoms with van der Waals surface area (Å²) in [6.07, 6.45) is -4.19. The number of nitrogens with zero attached hydrogens (tertiary/aromatic N) is 3. The molecule has 26 nitrogen and oxygen atoms in total. The number of hydrogen-bond donors (Lipinski definition) is 13. The Morgan fingerprint density at radius 2 is 1.65 bits per heavy atom. The lowest BCUT2D eigenvalue weighted by atomic mass is 9.47. The standard InChI is InChI=1S/C63H87N7O19S2/c1-7-35(15-16-46(74)75)51(78)65-47(49(77)48(76)44(73)31-71)43(72)25-36(52(79)80)32-91-90-24-23-89-58(84)67-66-56(82)63(86)54-61(19-22-70-20-12-18-60(9-3,53(61)70)55(63)81)39-26-40(45(87-5)27-42(39)68(54)4)62(57(83)88-6)29-34-28-59(85,8-2)33-69(30-34)21-17-38-37-13-10-11-14-41(37)64-50(38)62/h10-14,18,26-27,34-36,44,47-49,53-55,64,71,73,76-77,81,85-86H,7-9,15-17,19-25,28-33H2,1-6H3,(H,65,78)(H,66,82)(H,67,84)(H,74,75)(H,79,80)/t34-,35+,36+,44-,47-,48-,49-,53+,54-,55-,59+,60-,61-,62+,63+/m1/s1. The molecule has 6 aliphatic rings. The van der Waals surface area contributed by atoms with E-state index in [9.17, 15) is 64.8 Å². The molecule has 28 heteroatoms. The molecule has 2 saturated heterocycles. The first-order valence-corrected chi connectivity index (χ1v) is 33.6. The van der Waals surface area contributed by atoms with E-state index in [0.717, 1.165) is 38.1 Å². The third-order valence-corrected chi connectivity index (χ3v) is 23.0. The van der Waals surface area contributed by atoms with Gasteiger partial charge in [0.05, 0.1) is 38.4 Å². The van der Waals surface area contributed by atoms with Gasteiger partial charge in [-0.05, 0) is 87.1 Å². The minimum atomic E-state index is -2.67. The van der Waals surface area contributed by atoms with Gasteiger partial charge in [0.15, 0.2) is 11.4 Å². The quantitative estimate of drug-likeness (QED) is 0.0178. The van der Waals surface area contributed by atoms with Gasteiger partial charge < -0.3 is 75.4 Å². The van der Waals surface area contributed by atoms with Crippen molar-refractivity contribution in [1.82, 2.24) is 31.0 Å². The first-order valence-electron chi connectivity index (χ1n) is 31.1. The Hall–Kier alpha value is -6.05. The molecule has 0 radical (unpaired) electrons. The number of ether oxygens (including phenoxy) is 3. The van der Waals surface area contributed by atoms with Crippen molar-refractivity contribution in [3.8, 4) is 5.75 Å². The highest BCUT2D eigenvalue weighted by molar-refractivity contribution is 8.76. The molecule has 3 aromatic rings. The molecule has 9 rings (SSSR count). The zero-order valence-corrected chi connectivity index (χ0v) is 53.7. The number of para-hydroxylation sites is 1. The minimum absolute atomic E-state index is 0.0492. The van der Waals surface area contributed by atoms with E-state index in [4.69, 9.17) is 19.3 Å². The molecule has 3 amide bonds. The maximum absolute atomic E-state index is 15.5. The first-order chi connectivity index (χ1) is 43.3. The number of piperidine rings is 1. The topological polar surface area (TPSA) is 391 Å². The van der Waals surface area contributed by atoms with Gasteiger partial charge in [0.25, 0.3) is 5.91 Å². The summed E-state index contributed by atoms with van der Waals surface area (Å²) in [6.45, 7) is 6.88. The van der Waals surface area contributed by atoms with E-state index in [2.05, 4.69) is 31.0 Å². The van der Waals surface area contributed by atoms with Crippen molar-refractivity contribution in [2.24, 2.45) is 23.2 Å². The van der Waals surface area contributed by atoms with Crippen molar-refractivity contribution in [1.29, 1.82) is 0 Å². The van der Waals surface area contributed by atoms with Crippen molar-refractivity contribution in [2.45, 2.75) is 150 Å². The summed E-state index contributed by atoms with van der Waals surface area (Å²) in [5.74, 6) is -8.61. The summed E-state index contributed by atoms with van der Waals surface area (Å²) in [5.41, 5.74) is 1.15. The summed E-state index contributed by atoms with van der Waals surface area (Å²) in [6, 6.07) is 8.08. The van der Waals surface area contributed by atoms with Crippen molar-refractivity contribution in [3.05, 3.63) is 70.9 Å². The zero-order valence-electron chi connectivity index (χ0n) is 52.1. The molecule has 1 unspecified atom stereocenters. The van der Waals surface area contributed by atoms with Gasteiger partial charge in [-0.25, -0.2) is 10.2 Å². The third kappa shape index (κ3) is 12.4. The van der Waals surface area contributed by atoms with Crippen LogP contribution < -0.4 is 25.8 Å². The second kappa shape index (κ2) is 27.9. The molecule has 5 aliphatic heterocycles. The van der Waals surface area contributed by atoms with Gasteiger partial charge in [-0.3, -0.25) is 44.0 Å². The molecule has 1 aliphatic carbocycles. The van der Waals surface area contributed by atoms with E-state index < -0.39 is 143 Å². The number of ketones is 1. The fourth-order valence-corrected chi connectivity index (χ4v) is 18.3. The van der Waals surface area contributed by atoms with Crippen LogP contribution >= 0.6 is 21.6 Å². The maximum atomic E-state index is 15.5. The number of carboxylic acid groups (broad SMARTS) is 2. The van der Waals surface area contributed by atoms with Crippen LogP contribution in [0.25, 0.3) is 10.9 Å². The van der Waals surface area contributed by atoms with E-state index in [1.165, 1.54) is 14.2 Å². The molecule has 1 saturated carbocycles. The Balaban J connectivity index is 0.947. The third-order valence-electron chi connectivity index (χ3n) is 20.5. The molecule has 3 fully saturated rings. The maximum Gasteiger partial charge on any atom is 0.426 e. The number of methoxy groups -OCH3 is 2. The van der Waals surface area contributed by atoms with Crippen LogP contribution in [0.15, 0.2) is 48.6 Å². The number of aliphatic hydroxyl groups is 7. The van der Waals surface area contributed by atoms with E-state index in [1.807, 2.05) is 62.4 Å². The number of H-pyrrole nitrogens is 1. The van der Waals surface area contributed by atoms with Crippen LogP contribution in [0.2, 0.25) is 0 Å². The van der Waals surface area contributed by atoms with Crippen LogP contribution in [0.1, 0.15) is 101 Å². The molecule has 6 heterocycles. The predicted octanol–water partition coefficient (Wildman–Crippen LogP) is 1.50. The number of Topliss-reactive ketones (excluding diaryl/α,β-unsaturated/α-hetero) is 1. The Morgan fingerprint density at radius 1 is 0.901 bits per heavy atom. The van der Waals surface area contributed by atoms with Gasteiger partial charge in [0.1, 0.15) is 48.2 Å². The first kappa shape index (κ1) is 69.3. The van der Waals surface area contributed by atoms with Gasteiger partial charge in [0.2, 0.25) is 5.91 Å². The van der Waals surface area contributed by atoms with Crippen molar-refractivity contribution >= 4 is 79.8 Å². The van der Waals surface area contributed by atoms with Crippen LogP contribution in [0.3, 0.4) is 0 Å². The number of fused-ring (bicyclic) bond motifs is 6. The van der Waals surface area contributed by atoms with E-state index in [0.29, 0.717) is 86.7 Å². The van der Waals surface area contributed by atoms with E-state index in [-0.39, 0.29) is 49.7 Å². The Morgan fingerprint density at radius 3 is 2.32 bits per heavy atom. The van der Waals surface area contributed by atoms with Gasteiger partial charge in [-0.2, -0.15) is 0 Å². The highest BCUT2D eigenvalue weighted by atomic mass is 33.1. The van der Waals surface area contributed by atoms with Crippen molar-refractivity contribution in [3.63, 3.8) is 0 Å². The van der Waals surface area contributed by atoms with Crippen LogP contribution in [0.4, 0.5) is 10.5 Å². The lowest BCUT2D eigenvalue weighted by Gasteiger charge is -2.63. The second-order valence-corrected chi connectivity index (χ2v) is 28.0. The highest BCUT2D eigenvalue weighted by Gasteiger charge is 2.79. The van der Waals surface area contributed by atoms with Crippen molar-refractivity contribution < 1.29 is 93.7 Å². The molecule has 2 bridgehead atoms. The smallest absolute Gasteiger partial charge is 0.426 e. The van der Waals surface area contributed by atoms with Crippen LogP contribution in [0.5, 0.6) is 5.75 Å². The number of aromatic nitrogens is 1. The number of carbonyl (C=O) groups is 7. The molecule has 13 N–H and O–H groups in total. The summed E-state index contributed by atoms with van der Waals surface area (Å²) < 4.78 is 17.7. The normalized spacial score (nSPS) is 30.1. The number of carboxylic acids is 2. The number of aromatic amines is 1. The number of benzene rings is 2. The summed E-state index contributed by atoms with van der Waals surface area (Å²) in [7, 11) is 6.67. The number of aliphatic hydroxyl groups excluding tert-OH is 5. The highest BCUT2D eigenvalue weighted by Crippen LogP contribution is 2.68. The molecular formula is C63H87N7O19S2. The Labute approximate surface area is 535 Å². The number of likely N-dealkylation sites (N-methyl/N-ethyl adjacent to an activating group) is 1. The molecular weight excluding hydrogens is 1220 g/mol. The number of rotatable bonds is 26. The van der Waals surface area contributed by atoms with Gasteiger partial charge in [-0.1, -0.05) is 72.7 Å². The molecule has 1 aromatic heterocycles. The minimum Gasteiger partial charge on any atom is -0.496 e. The van der Waals surface area contributed by atoms with Crippen molar-refractivity contribution in [2.75, 3.05) is 83.6 Å². The van der Waals surface area contributed by atoms with Gasteiger partial charge in [0, 0.05) is 114 Å². The Bertz CT molecular complexity index is 3260. The zero-order chi connectivity index (χ0) is 66.1. The number of amides is 3. The van der Waals surface area contributed by atoms with Gasteiger partial charge >= 0.3 is 24.0 Å². The number of carbonyl (C=O) groups excluding carboxylic acids is 5. The summed E-state index contributed by atoms with van der Waals surface area (Å²) >= 11 is 0. The lowest BCUT2D eigenvalue weighted by molar-refractivity contribution is -0.204. The number of hydrogen-bond acceptors (Lipinski definition) is 22. The molecule has 91 heavy (non-hydrogen) atoms. The summed E-state index contributed by atoms with van der Waals surface area (Å²) in [5, 5.41) is 102. The van der Waals surface area contributed by atoms with Crippen LogP contribution in [-0.4, -0.2) is 235 Å². The number of esters is 1. The van der Waals surface area contributed by atoms with Gasteiger partial charge in [-0.15, -0.1) is 0 Å². The number of hydrazine groups is 1. The Kier molecular flexibility index (Phi) is 21.2. The SMILES string of the molecule is CC[C@@H](CCC(=O)O)C(=O)N[C@H](C(=O)C[C@@H](CSSCCOC(=O)NNC(=O)[C@@]1(O)[C@H](O)[C@]2(CC)C=CCN3CC[C@@]4(c5cc([C@@]6(C(=O)OC)C[C@@H]7CN(CCc8c6[nH]c6ccccc86)C[C@](O)(CC)C7)c(OC)cc5N(C)[C@@H]14)[C@@H]32)C(=O)O)[C@@H](O)[C@H](O)[C@H](O)CO. The summed E-state index contributed by atoms with van der Waals surface area (Å²) in [4.78, 5) is 105. The number of aliphatic carboxylic acids is 2. The molecule has 16 atom stereocenters. The fourth-order valence-electron chi connectivity index (χ4n) is 16.2. The lowest BCUT2D eigenvalue weighted by Crippen LogP contribution is -2.82. The number of anilines is 1. The average molecular weight is 1310 g/mol.